The van der Waals surface area contributed by atoms with Gasteiger partial charge in [0.15, 0.2) is 0 Å². The van der Waals surface area contributed by atoms with E-state index in [-0.39, 0.29) is 5.91 Å². The van der Waals surface area contributed by atoms with Crippen molar-refractivity contribution < 1.29 is 9.53 Å². The summed E-state index contributed by atoms with van der Waals surface area (Å²) >= 11 is 0. The zero-order valence-electron chi connectivity index (χ0n) is 12.6. The predicted molar refractivity (Wildman–Crippen MR) is 82.8 cm³/mol. The molecule has 1 aromatic carbocycles. The van der Waals surface area contributed by atoms with Gasteiger partial charge >= 0.3 is 0 Å². The summed E-state index contributed by atoms with van der Waals surface area (Å²) in [4.78, 5) is 16.2. The first-order valence-corrected chi connectivity index (χ1v) is 7.67. The number of rotatable bonds is 4. The summed E-state index contributed by atoms with van der Waals surface area (Å²) in [5.41, 5.74) is 2.10. The number of aryl methyl sites for hydroxylation is 1. The van der Waals surface area contributed by atoms with E-state index in [2.05, 4.69) is 28.2 Å². The van der Waals surface area contributed by atoms with Crippen LogP contribution < -0.4 is 10.1 Å². The number of nitrogens with one attached hydrogen (secondary N) is 1. The zero-order chi connectivity index (χ0) is 14.7. The summed E-state index contributed by atoms with van der Waals surface area (Å²) in [6.07, 6.45) is 1.40. The molecule has 2 aliphatic heterocycles. The number of carbonyl (C=O) groups excluding carboxylic acids is 1. The second-order valence-electron chi connectivity index (χ2n) is 5.86. The molecule has 1 N–H and O–H groups in total. The van der Waals surface area contributed by atoms with Crippen molar-refractivity contribution >= 4 is 11.6 Å². The lowest BCUT2D eigenvalue weighted by molar-refractivity contribution is -0.116. The minimum Gasteiger partial charge on any atom is -0.492 e. The quantitative estimate of drug-likeness (QED) is 0.904. The standard InChI is InChI=1S/C16H23N3O2/c1-18-6-8-19(9-7-18)10-11-21-14-4-2-13-3-5-16(20)17-15(13)12-14/h2,4,12H,3,5-11H2,1H3,(H,17,20). The average molecular weight is 289 g/mol. The highest BCUT2D eigenvalue weighted by atomic mass is 16.5. The van der Waals surface area contributed by atoms with Crippen LogP contribution >= 0.6 is 0 Å². The van der Waals surface area contributed by atoms with Crippen molar-refractivity contribution in [1.82, 2.24) is 9.80 Å². The number of benzene rings is 1. The fourth-order valence-corrected chi connectivity index (χ4v) is 2.80. The number of carbonyl (C=O) groups is 1. The van der Waals surface area contributed by atoms with Crippen LogP contribution in [0.15, 0.2) is 18.2 Å². The molecule has 114 valence electrons. The highest BCUT2D eigenvalue weighted by molar-refractivity contribution is 5.94. The maximum absolute atomic E-state index is 11.4. The monoisotopic (exact) mass is 289 g/mol. The van der Waals surface area contributed by atoms with E-state index in [0.717, 1.165) is 50.6 Å². The van der Waals surface area contributed by atoms with Crippen LogP contribution in [0.3, 0.4) is 0 Å². The minimum absolute atomic E-state index is 0.0945. The third-order valence-electron chi connectivity index (χ3n) is 4.25. The smallest absolute Gasteiger partial charge is 0.224 e. The van der Waals surface area contributed by atoms with Crippen molar-refractivity contribution in [2.45, 2.75) is 12.8 Å². The van der Waals surface area contributed by atoms with Crippen LogP contribution in [-0.4, -0.2) is 62.1 Å². The molecule has 1 saturated heterocycles. The fourth-order valence-electron chi connectivity index (χ4n) is 2.80. The van der Waals surface area contributed by atoms with Gasteiger partial charge in [0.25, 0.3) is 0 Å². The van der Waals surface area contributed by atoms with Gasteiger partial charge in [-0.2, -0.15) is 0 Å². The summed E-state index contributed by atoms with van der Waals surface area (Å²) in [6.45, 7) is 6.13. The number of anilines is 1. The molecule has 0 aromatic heterocycles. The first-order valence-electron chi connectivity index (χ1n) is 7.67. The first-order chi connectivity index (χ1) is 10.2. The minimum atomic E-state index is 0.0945. The van der Waals surface area contributed by atoms with Crippen molar-refractivity contribution in [2.75, 3.05) is 51.7 Å². The van der Waals surface area contributed by atoms with E-state index >= 15 is 0 Å². The summed E-state index contributed by atoms with van der Waals surface area (Å²) in [5, 5.41) is 2.91. The van der Waals surface area contributed by atoms with Crippen LogP contribution in [-0.2, 0) is 11.2 Å². The third kappa shape index (κ3) is 3.74. The molecule has 0 unspecified atom stereocenters. The molecule has 21 heavy (non-hydrogen) atoms. The Hall–Kier alpha value is -1.59. The number of piperazine rings is 1. The third-order valence-corrected chi connectivity index (χ3v) is 4.25. The van der Waals surface area contributed by atoms with E-state index in [9.17, 15) is 4.79 Å². The van der Waals surface area contributed by atoms with Crippen molar-refractivity contribution in [3.05, 3.63) is 23.8 Å². The lowest BCUT2D eigenvalue weighted by Crippen LogP contribution is -2.45. The SMILES string of the molecule is CN1CCN(CCOc2ccc3c(c2)NC(=O)CC3)CC1. The van der Waals surface area contributed by atoms with Gasteiger partial charge in [-0.25, -0.2) is 0 Å². The molecule has 0 bridgehead atoms. The Labute approximate surface area is 125 Å². The Bertz CT molecular complexity index is 510. The maximum atomic E-state index is 11.4. The molecule has 5 nitrogen and oxygen atoms in total. The zero-order valence-corrected chi connectivity index (χ0v) is 12.6. The Morgan fingerprint density at radius 3 is 2.81 bits per heavy atom. The Morgan fingerprint density at radius 2 is 2.00 bits per heavy atom. The average Bonchev–Trinajstić information content (AvgIpc) is 2.49. The lowest BCUT2D eigenvalue weighted by Gasteiger charge is -2.32. The fraction of sp³-hybridized carbons (Fsp3) is 0.562. The van der Waals surface area contributed by atoms with Gasteiger partial charge < -0.3 is 15.0 Å². The molecule has 5 heteroatoms. The van der Waals surface area contributed by atoms with Gasteiger partial charge in [0.1, 0.15) is 12.4 Å². The molecule has 0 spiro atoms. The summed E-state index contributed by atoms with van der Waals surface area (Å²) in [7, 11) is 2.16. The largest absolute Gasteiger partial charge is 0.492 e. The Morgan fingerprint density at radius 1 is 1.19 bits per heavy atom. The molecule has 1 aromatic rings. The summed E-state index contributed by atoms with van der Waals surface area (Å²) in [6, 6.07) is 6.00. The number of likely N-dealkylation sites (N-methyl/N-ethyl adjacent to an activating group) is 1. The first kappa shape index (κ1) is 14.4. The molecule has 2 aliphatic rings. The second-order valence-corrected chi connectivity index (χ2v) is 5.86. The topological polar surface area (TPSA) is 44.8 Å². The molecular weight excluding hydrogens is 266 g/mol. The van der Waals surface area contributed by atoms with E-state index in [1.165, 1.54) is 5.56 Å². The van der Waals surface area contributed by atoms with Gasteiger partial charge in [0, 0.05) is 50.9 Å². The highest BCUT2D eigenvalue weighted by Crippen LogP contribution is 2.27. The Balaban J connectivity index is 1.49. The molecule has 0 aliphatic carbocycles. The van der Waals surface area contributed by atoms with Crippen molar-refractivity contribution in [3.8, 4) is 5.75 Å². The highest BCUT2D eigenvalue weighted by Gasteiger charge is 2.16. The maximum Gasteiger partial charge on any atom is 0.224 e. The molecule has 0 saturated carbocycles. The normalized spacial score (nSPS) is 20.0. The molecule has 0 atom stereocenters. The van der Waals surface area contributed by atoms with Gasteiger partial charge in [-0.3, -0.25) is 9.69 Å². The van der Waals surface area contributed by atoms with Crippen LogP contribution in [0.4, 0.5) is 5.69 Å². The number of ether oxygens (including phenoxy) is 1. The van der Waals surface area contributed by atoms with Crippen LogP contribution in [0.2, 0.25) is 0 Å². The van der Waals surface area contributed by atoms with Crippen LogP contribution in [0.25, 0.3) is 0 Å². The Kier molecular flexibility index (Phi) is 4.41. The van der Waals surface area contributed by atoms with Crippen LogP contribution in [0, 0.1) is 0 Å². The van der Waals surface area contributed by atoms with E-state index in [4.69, 9.17) is 4.74 Å². The number of hydrogen-bond acceptors (Lipinski definition) is 4. The number of nitrogens with zero attached hydrogens (tertiary/aromatic N) is 2. The van der Waals surface area contributed by atoms with Crippen LogP contribution in [0.1, 0.15) is 12.0 Å². The van der Waals surface area contributed by atoms with Crippen molar-refractivity contribution in [1.29, 1.82) is 0 Å². The van der Waals surface area contributed by atoms with Crippen LogP contribution in [0.5, 0.6) is 5.75 Å². The predicted octanol–water partition coefficient (Wildman–Crippen LogP) is 1.20. The van der Waals surface area contributed by atoms with E-state index in [0.29, 0.717) is 13.0 Å². The van der Waals surface area contributed by atoms with Gasteiger partial charge in [0.2, 0.25) is 5.91 Å². The molecule has 3 rings (SSSR count). The van der Waals surface area contributed by atoms with Gasteiger partial charge in [0.05, 0.1) is 0 Å². The molecule has 1 amide bonds. The van der Waals surface area contributed by atoms with Crippen molar-refractivity contribution in [2.24, 2.45) is 0 Å². The molecule has 2 heterocycles. The van der Waals surface area contributed by atoms with Gasteiger partial charge in [-0.1, -0.05) is 6.07 Å². The molecule has 0 radical (unpaired) electrons. The number of amides is 1. The van der Waals surface area contributed by atoms with Crippen molar-refractivity contribution in [3.63, 3.8) is 0 Å². The number of hydrogen-bond donors (Lipinski definition) is 1. The van der Waals surface area contributed by atoms with E-state index in [1.54, 1.807) is 0 Å². The second kappa shape index (κ2) is 6.45. The van der Waals surface area contributed by atoms with E-state index < -0.39 is 0 Å². The molecular formula is C16H23N3O2. The summed E-state index contributed by atoms with van der Waals surface area (Å²) in [5.74, 6) is 0.933. The summed E-state index contributed by atoms with van der Waals surface area (Å²) < 4.78 is 5.83. The van der Waals surface area contributed by atoms with Gasteiger partial charge in [-0.05, 0) is 25.1 Å². The van der Waals surface area contributed by atoms with Gasteiger partial charge in [-0.15, -0.1) is 0 Å². The van der Waals surface area contributed by atoms with E-state index in [1.807, 2.05) is 12.1 Å². The molecule has 1 fully saturated rings. The lowest BCUT2D eigenvalue weighted by atomic mass is 10.0. The number of fused-ring (bicyclic) bond motifs is 1.